The number of hydrogen-bond donors (Lipinski definition) is 3. The van der Waals surface area contributed by atoms with Crippen LogP contribution in [-0.4, -0.2) is 90.2 Å². The second-order valence-corrected chi connectivity index (χ2v) is 11.9. The molecular formula is C27H39N5O3S2. The molecule has 4 rings (SSSR count). The van der Waals surface area contributed by atoms with Crippen molar-refractivity contribution >= 4 is 40.0 Å². The van der Waals surface area contributed by atoms with Crippen molar-refractivity contribution in [3.05, 3.63) is 35.2 Å². The highest BCUT2D eigenvalue weighted by molar-refractivity contribution is 7.98. The Bertz CT molecular complexity index is 1030. The topological polar surface area (TPSA) is 97.8 Å². The molecule has 2 heterocycles. The van der Waals surface area contributed by atoms with Crippen molar-refractivity contribution < 1.29 is 14.7 Å². The maximum Gasteiger partial charge on any atom is 0.252 e. The molecule has 2 aliphatic rings. The van der Waals surface area contributed by atoms with E-state index in [4.69, 9.17) is 4.98 Å². The molecule has 2 fully saturated rings. The number of nitrogens with one attached hydrogen (secondary N) is 2. The highest BCUT2D eigenvalue weighted by Crippen LogP contribution is 2.31. The van der Waals surface area contributed by atoms with Gasteiger partial charge in [0, 0.05) is 42.7 Å². The van der Waals surface area contributed by atoms with E-state index in [1.165, 1.54) is 0 Å². The Kier molecular flexibility index (Phi) is 9.86. The summed E-state index contributed by atoms with van der Waals surface area (Å²) in [6.45, 7) is 3.93. The van der Waals surface area contributed by atoms with E-state index in [9.17, 15) is 14.7 Å². The lowest BCUT2D eigenvalue weighted by molar-refractivity contribution is -0.129. The molecule has 10 heteroatoms. The summed E-state index contributed by atoms with van der Waals surface area (Å²) in [6, 6.07) is 7.17. The monoisotopic (exact) mass is 545 g/mol. The molecule has 1 aliphatic heterocycles. The van der Waals surface area contributed by atoms with Crippen LogP contribution >= 0.6 is 23.1 Å². The molecule has 2 aromatic rings. The molecule has 1 aromatic heterocycles. The van der Waals surface area contributed by atoms with E-state index >= 15 is 0 Å². The Labute approximate surface area is 228 Å². The maximum atomic E-state index is 13.4. The van der Waals surface area contributed by atoms with E-state index in [0.717, 1.165) is 67.6 Å². The van der Waals surface area contributed by atoms with Crippen LogP contribution in [0.2, 0.25) is 0 Å². The molecule has 3 N–H and O–H groups in total. The highest BCUT2D eigenvalue weighted by atomic mass is 32.2. The number of carbonyl (C=O) groups excluding carboxylic acids is 2. The largest absolute Gasteiger partial charge is 0.394 e. The quantitative estimate of drug-likeness (QED) is 0.422. The highest BCUT2D eigenvalue weighted by Gasteiger charge is 2.41. The third-order valence-corrected chi connectivity index (χ3v) is 8.97. The van der Waals surface area contributed by atoms with Crippen molar-refractivity contribution in [1.82, 2.24) is 20.5 Å². The van der Waals surface area contributed by atoms with Crippen LogP contribution in [0.25, 0.3) is 11.3 Å². The minimum atomic E-state index is -0.937. The summed E-state index contributed by atoms with van der Waals surface area (Å²) in [5.41, 5.74) is 1.47. The number of aliphatic hydroxyl groups is 1. The molecule has 1 aliphatic carbocycles. The van der Waals surface area contributed by atoms with Gasteiger partial charge >= 0.3 is 0 Å². The van der Waals surface area contributed by atoms with Crippen molar-refractivity contribution in [3.63, 3.8) is 0 Å². The number of piperazine rings is 1. The fraction of sp³-hybridized carbons (Fsp3) is 0.593. The number of benzene rings is 1. The Balaban J connectivity index is 1.42. The molecule has 0 bridgehead atoms. The zero-order chi connectivity index (χ0) is 26.3. The van der Waals surface area contributed by atoms with Crippen molar-refractivity contribution in [2.45, 2.75) is 50.1 Å². The van der Waals surface area contributed by atoms with Crippen molar-refractivity contribution in [2.75, 3.05) is 56.7 Å². The van der Waals surface area contributed by atoms with Gasteiger partial charge in [-0.05, 0) is 50.5 Å². The van der Waals surface area contributed by atoms with Crippen molar-refractivity contribution in [1.29, 1.82) is 0 Å². The summed E-state index contributed by atoms with van der Waals surface area (Å²) in [5, 5.41) is 18.9. The zero-order valence-electron chi connectivity index (χ0n) is 21.9. The minimum absolute atomic E-state index is 0.106. The van der Waals surface area contributed by atoms with E-state index in [2.05, 4.69) is 32.9 Å². The van der Waals surface area contributed by atoms with E-state index in [-0.39, 0.29) is 24.5 Å². The lowest BCUT2D eigenvalue weighted by atomic mass is 9.80. The normalized spacial score (nSPS) is 18.8. The number of likely N-dealkylation sites (N-methyl/N-ethyl adjacent to an activating group) is 1. The number of nitrogens with zero attached hydrogens (tertiary/aromatic N) is 3. The van der Waals surface area contributed by atoms with Crippen LogP contribution in [0.15, 0.2) is 29.6 Å². The first-order valence-electron chi connectivity index (χ1n) is 13.2. The maximum absolute atomic E-state index is 13.4. The Morgan fingerprint density at radius 3 is 2.49 bits per heavy atom. The number of aliphatic hydroxyl groups excluding tert-OH is 1. The Morgan fingerprint density at radius 1 is 1.14 bits per heavy atom. The van der Waals surface area contributed by atoms with Crippen molar-refractivity contribution in [3.8, 4) is 11.3 Å². The average molecular weight is 546 g/mol. The summed E-state index contributed by atoms with van der Waals surface area (Å²) in [4.78, 5) is 36.1. The number of amides is 2. The van der Waals surface area contributed by atoms with Gasteiger partial charge in [-0.2, -0.15) is 11.8 Å². The average Bonchev–Trinajstić information content (AvgIpc) is 3.42. The first kappa shape index (κ1) is 27.9. The van der Waals surface area contributed by atoms with Gasteiger partial charge in [0.25, 0.3) is 5.91 Å². The molecule has 1 unspecified atom stereocenters. The van der Waals surface area contributed by atoms with Gasteiger partial charge < -0.3 is 25.5 Å². The molecule has 0 spiro atoms. The van der Waals surface area contributed by atoms with Crippen LogP contribution in [-0.2, 0) is 4.79 Å². The Morgan fingerprint density at radius 2 is 1.84 bits per heavy atom. The number of carbonyl (C=O) groups is 2. The second kappa shape index (κ2) is 13.1. The van der Waals surface area contributed by atoms with Crippen LogP contribution in [0.4, 0.5) is 5.13 Å². The number of rotatable bonds is 10. The molecular weight excluding hydrogens is 506 g/mol. The van der Waals surface area contributed by atoms with Crippen LogP contribution in [0.5, 0.6) is 0 Å². The van der Waals surface area contributed by atoms with Gasteiger partial charge in [-0.3, -0.25) is 9.59 Å². The first-order valence-corrected chi connectivity index (χ1v) is 15.4. The second-order valence-electron chi connectivity index (χ2n) is 10.1. The lowest BCUT2D eigenvalue weighted by Crippen LogP contribution is -2.61. The van der Waals surface area contributed by atoms with Crippen LogP contribution in [0.1, 0.15) is 48.9 Å². The fourth-order valence-corrected chi connectivity index (χ4v) is 6.39. The van der Waals surface area contributed by atoms with E-state index in [1.54, 1.807) is 23.1 Å². The summed E-state index contributed by atoms with van der Waals surface area (Å²) in [7, 11) is 2.14. The molecule has 37 heavy (non-hydrogen) atoms. The number of thioether (sulfide) groups is 1. The molecule has 8 nitrogen and oxygen atoms in total. The summed E-state index contributed by atoms with van der Waals surface area (Å²) in [5.74, 6) is 0.425. The van der Waals surface area contributed by atoms with Crippen LogP contribution < -0.4 is 15.5 Å². The molecule has 1 saturated carbocycles. The molecule has 0 radical (unpaired) electrons. The molecule has 1 atom stereocenters. The first-order chi connectivity index (χ1) is 17.9. The standard InChI is InChI=1S/C27H39N5O3S2/c1-31-13-15-32(16-14-31)26-29-23(19-37-26)20-6-8-21(9-7-20)24(34)30-27(11-4-3-5-12-27)25(35)28-22(18-33)10-17-36-2/h6-9,19,22,33H,3-5,10-18H2,1-2H3,(H,28,35)(H,30,34). The number of aromatic nitrogens is 1. The Hall–Kier alpha value is -2.14. The minimum Gasteiger partial charge on any atom is -0.394 e. The van der Waals surface area contributed by atoms with Crippen molar-refractivity contribution in [2.24, 2.45) is 0 Å². The van der Waals surface area contributed by atoms with Crippen LogP contribution in [0.3, 0.4) is 0 Å². The smallest absolute Gasteiger partial charge is 0.252 e. The van der Waals surface area contributed by atoms with Gasteiger partial charge in [0.05, 0.1) is 18.3 Å². The van der Waals surface area contributed by atoms with Gasteiger partial charge in [0.15, 0.2) is 5.13 Å². The van der Waals surface area contributed by atoms with Gasteiger partial charge in [0.1, 0.15) is 5.54 Å². The third-order valence-electron chi connectivity index (χ3n) is 7.43. The van der Waals surface area contributed by atoms with Gasteiger partial charge in [-0.25, -0.2) is 4.98 Å². The summed E-state index contributed by atoms with van der Waals surface area (Å²) in [6.07, 6.45) is 6.75. The SMILES string of the molecule is CSCCC(CO)NC(=O)C1(NC(=O)c2ccc(-c3csc(N4CCN(C)CC4)n3)cc2)CCCCC1. The molecule has 202 valence electrons. The van der Waals surface area contributed by atoms with E-state index in [1.807, 2.05) is 30.5 Å². The zero-order valence-corrected chi connectivity index (χ0v) is 23.5. The van der Waals surface area contributed by atoms with Gasteiger partial charge in [0.2, 0.25) is 5.91 Å². The van der Waals surface area contributed by atoms with E-state index in [0.29, 0.717) is 24.8 Å². The van der Waals surface area contributed by atoms with Gasteiger partial charge in [-0.15, -0.1) is 11.3 Å². The predicted octanol–water partition coefficient (Wildman–Crippen LogP) is 3.22. The number of anilines is 1. The predicted molar refractivity (Wildman–Crippen MR) is 153 cm³/mol. The third kappa shape index (κ3) is 7.04. The molecule has 1 saturated heterocycles. The van der Waals surface area contributed by atoms with Crippen LogP contribution in [0, 0.1) is 0 Å². The van der Waals surface area contributed by atoms with E-state index < -0.39 is 5.54 Å². The summed E-state index contributed by atoms with van der Waals surface area (Å²) < 4.78 is 0. The number of hydrogen-bond acceptors (Lipinski definition) is 8. The molecule has 2 amide bonds. The summed E-state index contributed by atoms with van der Waals surface area (Å²) >= 11 is 3.34. The lowest BCUT2D eigenvalue weighted by Gasteiger charge is -2.37. The van der Waals surface area contributed by atoms with Gasteiger partial charge in [-0.1, -0.05) is 31.4 Å². The number of thiazole rings is 1. The molecule has 1 aromatic carbocycles. The fourth-order valence-electron chi connectivity index (χ4n) is 4.98.